The molecule has 0 aromatic heterocycles. The van der Waals surface area contributed by atoms with Crippen molar-refractivity contribution in [2.45, 2.75) is 55.9 Å². The lowest BCUT2D eigenvalue weighted by Gasteiger charge is -2.49. The van der Waals surface area contributed by atoms with Gasteiger partial charge in [-0.15, -0.1) is 0 Å². The quantitative estimate of drug-likeness (QED) is 0.894. The van der Waals surface area contributed by atoms with Crippen molar-refractivity contribution in [2.24, 2.45) is 5.73 Å². The molecule has 3 saturated heterocycles. The van der Waals surface area contributed by atoms with Crippen molar-refractivity contribution < 1.29 is 0 Å². The second kappa shape index (κ2) is 4.57. The molecule has 5 rings (SSSR count). The van der Waals surface area contributed by atoms with E-state index >= 15 is 0 Å². The van der Waals surface area contributed by atoms with E-state index in [1.807, 2.05) is 0 Å². The van der Waals surface area contributed by atoms with Crippen LogP contribution in [0.1, 0.15) is 56.1 Å². The molecule has 3 heterocycles. The molecule has 2 bridgehead atoms. The molecule has 0 amide bonds. The molecule has 4 fully saturated rings. The van der Waals surface area contributed by atoms with Gasteiger partial charge in [0.05, 0.1) is 0 Å². The number of fused-ring (bicyclic) bond motifs is 3. The van der Waals surface area contributed by atoms with Crippen molar-refractivity contribution in [1.82, 2.24) is 4.90 Å². The second-order valence-electron chi connectivity index (χ2n) is 7.31. The number of benzene rings is 1. The first kappa shape index (κ1) is 12.8. The van der Waals surface area contributed by atoms with Crippen LogP contribution in [-0.4, -0.2) is 24.5 Å². The molecule has 108 valence electrons. The summed E-state index contributed by atoms with van der Waals surface area (Å²) in [6.07, 6.45) is 8.94. The van der Waals surface area contributed by atoms with E-state index in [1.165, 1.54) is 57.3 Å². The molecule has 3 aliphatic heterocycles. The van der Waals surface area contributed by atoms with Crippen molar-refractivity contribution in [3.05, 3.63) is 35.4 Å². The lowest BCUT2D eigenvalue weighted by Crippen LogP contribution is -2.50. The standard InChI is InChI=1S/C18H26N2/c19-18(7-1-2-8-18)16-5-3-15(4-6-16)17-9-12-20(13-10-17)14-11-17/h3-6H,1-2,7-14,19H2. The molecule has 1 saturated carbocycles. The fourth-order valence-electron chi connectivity index (χ4n) is 4.71. The summed E-state index contributed by atoms with van der Waals surface area (Å²) >= 11 is 0. The molecule has 20 heavy (non-hydrogen) atoms. The molecular formula is C18H26N2. The maximum atomic E-state index is 6.58. The summed E-state index contributed by atoms with van der Waals surface area (Å²) < 4.78 is 0. The molecule has 0 radical (unpaired) electrons. The predicted octanol–water partition coefficient (Wildman–Crippen LogP) is 3.15. The van der Waals surface area contributed by atoms with Crippen LogP contribution >= 0.6 is 0 Å². The Labute approximate surface area is 122 Å². The van der Waals surface area contributed by atoms with E-state index in [4.69, 9.17) is 5.73 Å². The Hall–Kier alpha value is -0.860. The van der Waals surface area contributed by atoms with E-state index in [-0.39, 0.29) is 5.54 Å². The van der Waals surface area contributed by atoms with Gasteiger partial charge in [-0.05, 0) is 68.3 Å². The summed E-state index contributed by atoms with van der Waals surface area (Å²) in [7, 11) is 0. The topological polar surface area (TPSA) is 29.3 Å². The van der Waals surface area contributed by atoms with E-state index < -0.39 is 0 Å². The highest BCUT2D eigenvalue weighted by Gasteiger charge is 2.40. The third-order valence-electron chi connectivity index (χ3n) is 6.29. The first-order chi connectivity index (χ1) is 9.70. The summed E-state index contributed by atoms with van der Waals surface area (Å²) in [4.78, 5) is 2.61. The molecule has 0 spiro atoms. The SMILES string of the molecule is NC1(c2ccc(C34CCN(CC3)CC4)cc2)CCCC1. The van der Waals surface area contributed by atoms with Crippen LogP contribution < -0.4 is 5.73 Å². The summed E-state index contributed by atoms with van der Waals surface area (Å²) in [5.74, 6) is 0. The molecule has 2 nitrogen and oxygen atoms in total. The van der Waals surface area contributed by atoms with Crippen LogP contribution in [0.3, 0.4) is 0 Å². The molecule has 0 atom stereocenters. The molecule has 2 N–H and O–H groups in total. The predicted molar refractivity (Wildman–Crippen MR) is 82.7 cm³/mol. The Morgan fingerprint density at radius 1 is 0.750 bits per heavy atom. The zero-order valence-corrected chi connectivity index (χ0v) is 12.4. The normalized spacial score (nSPS) is 35.4. The van der Waals surface area contributed by atoms with Crippen LogP contribution in [0.2, 0.25) is 0 Å². The van der Waals surface area contributed by atoms with Crippen LogP contribution in [0, 0.1) is 0 Å². The maximum absolute atomic E-state index is 6.58. The van der Waals surface area contributed by atoms with Gasteiger partial charge < -0.3 is 10.6 Å². The highest BCUT2D eigenvalue weighted by Crippen LogP contribution is 2.43. The average molecular weight is 270 g/mol. The second-order valence-corrected chi connectivity index (χ2v) is 7.31. The number of hydrogen-bond acceptors (Lipinski definition) is 2. The van der Waals surface area contributed by atoms with E-state index in [0.717, 1.165) is 12.8 Å². The Morgan fingerprint density at radius 3 is 1.80 bits per heavy atom. The summed E-state index contributed by atoms with van der Waals surface area (Å²) in [6.45, 7) is 3.88. The number of rotatable bonds is 2. The summed E-state index contributed by atoms with van der Waals surface area (Å²) in [6, 6.07) is 9.44. The molecular weight excluding hydrogens is 244 g/mol. The Kier molecular flexibility index (Phi) is 2.94. The van der Waals surface area contributed by atoms with Gasteiger partial charge in [-0.1, -0.05) is 37.1 Å². The lowest BCUT2D eigenvalue weighted by atomic mass is 9.67. The van der Waals surface area contributed by atoms with Gasteiger partial charge in [0.25, 0.3) is 0 Å². The van der Waals surface area contributed by atoms with Crippen LogP contribution in [0.5, 0.6) is 0 Å². The van der Waals surface area contributed by atoms with Crippen molar-refractivity contribution in [2.75, 3.05) is 19.6 Å². The Balaban J connectivity index is 1.61. The third-order valence-corrected chi connectivity index (χ3v) is 6.29. The van der Waals surface area contributed by atoms with Gasteiger partial charge in [0, 0.05) is 5.54 Å². The molecule has 1 aromatic rings. The van der Waals surface area contributed by atoms with Crippen molar-refractivity contribution >= 4 is 0 Å². The monoisotopic (exact) mass is 270 g/mol. The van der Waals surface area contributed by atoms with Gasteiger partial charge in [0.15, 0.2) is 0 Å². The molecule has 1 aromatic carbocycles. The number of hydrogen-bond donors (Lipinski definition) is 1. The van der Waals surface area contributed by atoms with Gasteiger partial charge in [0.2, 0.25) is 0 Å². The smallest absolute Gasteiger partial charge is 0.0409 e. The lowest BCUT2D eigenvalue weighted by molar-refractivity contribution is 0.0817. The Morgan fingerprint density at radius 2 is 1.25 bits per heavy atom. The van der Waals surface area contributed by atoms with Crippen molar-refractivity contribution in [1.29, 1.82) is 0 Å². The maximum Gasteiger partial charge on any atom is 0.0409 e. The average Bonchev–Trinajstić information content (AvgIpc) is 2.97. The molecule has 4 aliphatic rings. The van der Waals surface area contributed by atoms with Gasteiger partial charge in [-0.3, -0.25) is 0 Å². The van der Waals surface area contributed by atoms with E-state index in [0.29, 0.717) is 5.41 Å². The fourth-order valence-corrected chi connectivity index (χ4v) is 4.71. The minimum Gasteiger partial charge on any atom is -0.321 e. The zero-order chi connectivity index (χ0) is 13.6. The fraction of sp³-hybridized carbons (Fsp3) is 0.667. The number of nitrogens with zero attached hydrogens (tertiary/aromatic N) is 1. The van der Waals surface area contributed by atoms with Gasteiger partial charge in [-0.2, -0.15) is 0 Å². The van der Waals surface area contributed by atoms with Gasteiger partial charge in [-0.25, -0.2) is 0 Å². The minimum absolute atomic E-state index is 0.0356. The first-order valence-corrected chi connectivity index (χ1v) is 8.33. The van der Waals surface area contributed by atoms with Gasteiger partial charge >= 0.3 is 0 Å². The minimum atomic E-state index is -0.0356. The number of piperidine rings is 3. The van der Waals surface area contributed by atoms with Crippen molar-refractivity contribution in [3.63, 3.8) is 0 Å². The highest BCUT2D eigenvalue weighted by atomic mass is 15.1. The van der Waals surface area contributed by atoms with Crippen LogP contribution in [0.15, 0.2) is 24.3 Å². The zero-order valence-electron chi connectivity index (χ0n) is 12.4. The van der Waals surface area contributed by atoms with Crippen LogP contribution in [0.25, 0.3) is 0 Å². The third kappa shape index (κ3) is 1.93. The molecule has 1 aliphatic carbocycles. The highest BCUT2D eigenvalue weighted by molar-refractivity contribution is 5.34. The Bertz CT molecular complexity index is 463. The van der Waals surface area contributed by atoms with Crippen LogP contribution in [-0.2, 0) is 11.0 Å². The summed E-state index contributed by atoms with van der Waals surface area (Å²) in [5, 5.41) is 0. The van der Waals surface area contributed by atoms with Gasteiger partial charge in [0.1, 0.15) is 0 Å². The first-order valence-electron chi connectivity index (χ1n) is 8.33. The largest absolute Gasteiger partial charge is 0.321 e. The molecule has 2 heteroatoms. The molecule has 0 unspecified atom stereocenters. The van der Waals surface area contributed by atoms with E-state index in [9.17, 15) is 0 Å². The number of nitrogens with two attached hydrogens (primary N) is 1. The van der Waals surface area contributed by atoms with E-state index in [2.05, 4.69) is 29.2 Å². The summed E-state index contributed by atoms with van der Waals surface area (Å²) in [5.41, 5.74) is 9.95. The van der Waals surface area contributed by atoms with E-state index in [1.54, 1.807) is 5.56 Å². The van der Waals surface area contributed by atoms with Crippen molar-refractivity contribution in [3.8, 4) is 0 Å². The van der Waals surface area contributed by atoms with Crippen LogP contribution in [0.4, 0.5) is 0 Å².